The van der Waals surface area contributed by atoms with E-state index in [1.807, 2.05) is 31.3 Å². The standard InChI is InChI=1S/C17H18BN/c1-3-19-17(16-10-5-4-7-13(16)2)12-14-8-6-9-15(18)11-14/h3-11,13H,12H2,1-2H3/b17-16-,19-3?. The summed E-state index contributed by atoms with van der Waals surface area (Å²) in [5.74, 6) is 0.407. The number of hydrogen-bond acceptors (Lipinski definition) is 1. The third-order valence-corrected chi connectivity index (χ3v) is 3.22. The maximum atomic E-state index is 5.83. The van der Waals surface area contributed by atoms with Gasteiger partial charge in [0.05, 0.1) is 0 Å². The summed E-state index contributed by atoms with van der Waals surface area (Å²) in [6.45, 7) is 4.15. The molecular formula is C17H18BN. The number of benzene rings is 1. The molecule has 0 bridgehead atoms. The predicted octanol–water partition coefficient (Wildman–Crippen LogP) is 3.13. The van der Waals surface area contributed by atoms with Crippen LogP contribution in [0.25, 0.3) is 0 Å². The summed E-state index contributed by atoms with van der Waals surface area (Å²) in [7, 11) is 5.83. The average molecular weight is 247 g/mol. The Bertz CT molecular complexity index is 564. The van der Waals surface area contributed by atoms with Crippen molar-refractivity contribution in [2.75, 3.05) is 0 Å². The van der Waals surface area contributed by atoms with Crippen LogP contribution in [0.2, 0.25) is 0 Å². The summed E-state index contributed by atoms with van der Waals surface area (Å²) in [4.78, 5) is 4.55. The van der Waals surface area contributed by atoms with Crippen molar-refractivity contribution in [2.45, 2.75) is 20.3 Å². The number of aliphatic imine (C=N–C) groups is 1. The second kappa shape index (κ2) is 6.37. The van der Waals surface area contributed by atoms with E-state index in [0.717, 1.165) is 17.6 Å². The Morgan fingerprint density at radius 2 is 2.21 bits per heavy atom. The van der Waals surface area contributed by atoms with Gasteiger partial charge in [-0.05, 0) is 18.1 Å². The highest BCUT2D eigenvalue weighted by molar-refractivity contribution is 6.32. The van der Waals surface area contributed by atoms with Crippen LogP contribution in [0.3, 0.4) is 0 Å². The van der Waals surface area contributed by atoms with E-state index in [4.69, 9.17) is 7.85 Å². The van der Waals surface area contributed by atoms with Crippen LogP contribution in [0.5, 0.6) is 0 Å². The van der Waals surface area contributed by atoms with Crippen LogP contribution in [0.15, 0.2) is 64.8 Å². The van der Waals surface area contributed by atoms with E-state index in [1.54, 1.807) is 0 Å². The van der Waals surface area contributed by atoms with Gasteiger partial charge in [-0.1, -0.05) is 61.0 Å². The van der Waals surface area contributed by atoms with E-state index in [9.17, 15) is 0 Å². The molecule has 1 aromatic carbocycles. The smallest absolute Gasteiger partial charge is 0.113 e. The summed E-state index contributed by atoms with van der Waals surface area (Å²) in [5.41, 5.74) is 4.39. The first kappa shape index (κ1) is 13.6. The SMILES string of the molecule is [B]c1cccc(C/C(N=CC)=C2\C=CC=CC2C)c1. The molecule has 1 aromatic rings. The topological polar surface area (TPSA) is 12.4 Å². The highest BCUT2D eigenvalue weighted by Gasteiger charge is 2.11. The fourth-order valence-corrected chi connectivity index (χ4v) is 2.28. The van der Waals surface area contributed by atoms with Gasteiger partial charge in [0.25, 0.3) is 0 Å². The van der Waals surface area contributed by atoms with Gasteiger partial charge in [0.15, 0.2) is 0 Å². The van der Waals surface area contributed by atoms with Gasteiger partial charge in [0, 0.05) is 24.3 Å². The Kier molecular flexibility index (Phi) is 4.56. The second-order valence-electron chi connectivity index (χ2n) is 4.74. The lowest BCUT2D eigenvalue weighted by Crippen LogP contribution is -2.06. The Morgan fingerprint density at radius 3 is 2.89 bits per heavy atom. The Balaban J connectivity index is 2.34. The molecule has 2 heteroatoms. The molecule has 1 aliphatic rings. The average Bonchev–Trinajstić information content (AvgIpc) is 2.39. The molecule has 94 valence electrons. The summed E-state index contributed by atoms with van der Waals surface area (Å²) in [5, 5.41) is 0. The number of allylic oxidation sites excluding steroid dienone is 6. The highest BCUT2D eigenvalue weighted by Crippen LogP contribution is 2.24. The van der Waals surface area contributed by atoms with Crippen LogP contribution in [-0.4, -0.2) is 14.1 Å². The van der Waals surface area contributed by atoms with Gasteiger partial charge in [0.1, 0.15) is 7.85 Å². The first-order valence-corrected chi connectivity index (χ1v) is 6.61. The van der Waals surface area contributed by atoms with Crippen molar-refractivity contribution in [3.8, 4) is 0 Å². The van der Waals surface area contributed by atoms with Gasteiger partial charge in [0.2, 0.25) is 0 Å². The zero-order valence-electron chi connectivity index (χ0n) is 11.5. The van der Waals surface area contributed by atoms with Crippen LogP contribution in [0, 0.1) is 5.92 Å². The molecule has 2 radical (unpaired) electrons. The van der Waals surface area contributed by atoms with Crippen molar-refractivity contribution >= 4 is 19.5 Å². The Morgan fingerprint density at radius 1 is 1.37 bits per heavy atom. The Labute approximate surface area is 116 Å². The molecule has 1 aliphatic carbocycles. The van der Waals surface area contributed by atoms with Crippen molar-refractivity contribution in [1.29, 1.82) is 0 Å². The molecule has 0 aliphatic heterocycles. The molecule has 0 amide bonds. The first-order valence-electron chi connectivity index (χ1n) is 6.61. The number of nitrogens with zero attached hydrogens (tertiary/aromatic N) is 1. The van der Waals surface area contributed by atoms with Crippen molar-refractivity contribution < 1.29 is 0 Å². The van der Waals surface area contributed by atoms with E-state index in [0.29, 0.717) is 5.92 Å². The second-order valence-corrected chi connectivity index (χ2v) is 4.74. The summed E-state index contributed by atoms with van der Waals surface area (Å²) in [6.07, 6.45) is 11.2. The quantitative estimate of drug-likeness (QED) is 0.574. The molecule has 0 N–H and O–H groups in total. The molecule has 0 heterocycles. The number of hydrogen-bond donors (Lipinski definition) is 0. The van der Waals surface area contributed by atoms with E-state index in [-0.39, 0.29) is 0 Å². The predicted molar refractivity (Wildman–Crippen MR) is 84.2 cm³/mol. The lowest BCUT2D eigenvalue weighted by Gasteiger charge is -2.16. The van der Waals surface area contributed by atoms with Crippen LogP contribution in [0.1, 0.15) is 19.4 Å². The van der Waals surface area contributed by atoms with Gasteiger partial charge >= 0.3 is 0 Å². The van der Waals surface area contributed by atoms with Crippen LogP contribution < -0.4 is 5.46 Å². The monoisotopic (exact) mass is 247 g/mol. The molecule has 0 saturated heterocycles. The summed E-state index contributed by atoms with van der Waals surface area (Å²) < 4.78 is 0. The maximum Gasteiger partial charge on any atom is 0.113 e. The molecule has 0 spiro atoms. The van der Waals surface area contributed by atoms with Crippen molar-refractivity contribution in [3.63, 3.8) is 0 Å². The van der Waals surface area contributed by atoms with Gasteiger partial charge in [-0.25, -0.2) is 0 Å². The first-order chi connectivity index (χ1) is 9.20. The summed E-state index contributed by atoms with van der Waals surface area (Å²) >= 11 is 0. The molecule has 0 fully saturated rings. The molecule has 19 heavy (non-hydrogen) atoms. The van der Waals surface area contributed by atoms with Gasteiger partial charge in [-0.2, -0.15) is 0 Å². The van der Waals surface area contributed by atoms with Crippen LogP contribution >= 0.6 is 0 Å². The zero-order chi connectivity index (χ0) is 13.7. The van der Waals surface area contributed by atoms with E-state index in [1.165, 1.54) is 11.1 Å². The highest BCUT2D eigenvalue weighted by atomic mass is 14.7. The lowest BCUT2D eigenvalue weighted by atomic mass is 9.90. The molecule has 2 rings (SSSR count). The van der Waals surface area contributed by atoms with Gasteiger partial charge < -0.3 is 0 Å². The zero-order valence-corrected chi connectivity index (χ0v) is 11.5. The molecular weight excluding hydrogens is 229 g/mol. The molecule has 0 saturated carbocycles. The third kappa shape index (κ3) is 3.57. The minimum Gasteiger partial charge on any atom is -0.265 e. The molecule has 0 aromatic heterocycles. The van der Waals surface area contributed by atoms with Crippen molar-refractivity contribution in [2.24, 2.45) is 10.9 Å². The minimum atomic E-state index is 0.407. The maximum absolute atomic E-state index is 5.83. The van der Waals surface area contributed by atoms with Crippen molar-refractivity contribution in [3.05, 3.63) is 65.4 Å². The summed E-state index contributed by atoms with van der Waals surface area (Å²) in [6, 6.07) is 8.00. The fourth-order valence-electron chi connectivity index (χ4n) is 2.28. The van der Waals surface area contributed by atoms with E-state index < -0.39 is 0 Å². The largest absolute Gasteiger partial charge is 0.265 e. The Hall–Kier alpha value is -1.83. The molecule has 1 nitrogen and oxygen atoms in total. The van der Waals surface area contributed by atoms with Crippen LogP contribution in [0.4, 0.5) is 0 Å². The molecule has 1 atom stereocenters. The minimum absolute atomic E-state index is 0.407. The van der Waals surface area contributed by atoms with Gasteiger partial charge in [-0.3, -0.25) is 4.99 Å². The van der Waals surface area contributed by atoms with Crippen LogP contribution in [-0.2, 0) is 6.42 Å². The number of rotatable bonds is 3. The van der Waals surface area contributed by atoms with Gasteiger partial charge in [-0.15, -0.1) is 0 Å². The fraction of sp³-hybridized carbons (Fsp3) is 0.235. The lowest BCUT2D eigenvalue weighted by molar-refractivity contribution is 0.850. The van der Waals surface area contributed by atoms with E-state index in [2.05, 4.69) is 42.3 Å². The third-order valence-electron chi connectivity index (χ3n) is 3.22. The normalized spacial score (nSPS) is 21.1. The molecule has 1 unspecified atom stereocenters. The van der Waals surface area contributed by atoms with Crippen molar-refractivity contribution in [1.82, 2.24) is 0 Å². The van der Waals surface area contributed by atoms with E-state index >= 15 is 0 Å².